The molecule has 3 nitrogen and oxygen atoms in total. The minimum atomic E-state index is 0.0627. The van der Waals surface area contributed by atoms with Crippen LogP contribution in [-0.4, -0.2) is 29.9 Å². The molecule has 2 N–H and O–H groups in total. The number of nitrogens with two attached hydrogens (primary N) is 1. The van der Waals surface area contributed by atoms with Crippen molar-refractivity contribution >= 4 is 5.91 Å². The molecule has 0 saturated carbocycles. The Balaban J connectivity index is 2.05. The number of hydrogen-bond donors (Lipinski definition) is 1. The van der Waals surface area contributed by atoms with E-state index in [0.717, 1.165) is 25.9 Å². The summed E-state index contributed by atoms with van der Waals surface area (Å²) in [5, 5.41) is 0. The summed E-state index contributed by atoms with van der Waals surface area (Å²) in [6.07, 6.45) is 1.75. The van der Waals surface area contributed by atoms with E-state index < -0.39 is 0 Å². The number of carbonyl (C=O) groups is 1. The molecule has 1 aliphatic heterocycles. The SMILES string of the molecule is CC(C)C(Cc1ccccc1)C(=O)N1CC[C@@H](N)C1. The molecule has 0 bridgehead atoms. The zero-order chi connectivity index (χ0) is 13.8. The highest BCUT2D eigenvalue weighted by Gasteiger charge is 2.31. The first-order chi connectivity index (χ1) is 9.08. The standard InChI is InChI=1S/C16H24N2O/c1-12(2)15(10-13-6-4-3-5-7-13)16(19)18-9-8-14(17)11-18/h3-7,12,14-15H,8-11,17H2,1-2H3/t14-,15?/m1/s1. The molecule has 1 aromatic carbocycles. The van der Waals surface area contributed by atoms with Gasteiger partial charge in [-0.25, -0.2) is 0 Å². The van der Waals surface area contributed by atoms with Gasteiger partial charge in [0.05, 0.1) is 0 Å². The van der Waals surface area contributed by atoms with Crippen LogP contribution in [0.15, 0.2) is 30.3 Å². The van der Waals surface area contributed by atoms with Crippen molar-refractivity contribution in [1.82, 2.24) is 4.90 Å². The maximum Gasteiger partial charge on any atom is 0.226 e. The smallest absolute Gasteiger partial charge is 0.226 e. The Hall–Kier alpha value is -1.35. The van der Waals surface area contributed by atoms with Crippen LogP contribution in [0.1, 0.15) is 25.8 Å². The topological polar surface area (TPSA) is 46.3 Å². The summed E-state index contributed by atoms with van der Waals surface area (Å²) < 4.78 is 0. The van der Waals surface area contributed by atoms with E-state index in [9.17, 15) is 4.79 Å². The average molecular weight is 260 g/mol. The van der Waals surface area contributed by atoms with Crippen LogP contribution in [-0.2, 0) is 11.2 Å². The summed E-state index contributed by atoms with van der Waals surface area (Å²) in [6, 6.07) is 10.4. The zero-order valence-corrected chi connectivity index (χ0v) is 11.9. The minimum absolute atomic E-state index is 0.0627. The molecule has 1 unspecified atom stereocenters. The molecule has 3 heteroatoms. The van der Waals surface area contributed by atoms with E-state index in [2.05, 4.69) is 26.0 Å². The first-order valence-electron chi connectivity index (χ1n) is 7.16. The van der Waals surface area contributed by atoms with Crippen LogP contribution < -0.4 is 5.73 Å². The van der Waals surface area contributed by atoms with E-state index in [-0.39, 0.29) is 17.9 Å². The van der Waals surface area contributed by atoms with Crippen LogP contribution in [0.2, 0.25) is 0 Å². The summed E-state index contributed by atoms with van der Waals surface area (Å²) in [7, 11) is 0. The Morgan fingerprint density at radius 1 is 1.37 bits per heavy atom. The van der Waals surface area contributed by atoms with Crippen molar-refractivity contribution in [1.29, 1.82) is 0 Å². The number of carbonyl (C=O) groups excluding carboxylic acids is 1. The fourth-order valence-electron chi connectivity index (χ4n) is 2.70. The molecule has 19 heavy (non-hydrogen) atoms. The van der Waals surface area contributed by atoms with Gasteiger partial charge in [0.15, 0.2) is 0 Å². The van der Waals surface area contributed by atoms with Gasteiger partial charge in [-0.1, -0.05) is 44.2 Å². The lowest BCUT2D eigenvalue weighted by Crippen LogP contribution is -2.39. The number of nitrogens with zero attached hydrogens (tertiary/aromatic N) is 1. The van der Waals surface area contributed by atoms with Gasteiger partial charge in [-0.2, -0.15) is 0 Å². The quantitative estimate of drug-likeness (QED) is 0.900. The largest absolute Gasteiger partial charge is 0.341 e. The molecule has 1 heterocycles. The van der Waals surface area contributed by atoms with Crippen LogP contribution in [0, 0.1) is 11.8 Å². The van der Waals surface area contributed by atoms with Gasteiger partial charge >= 0.3 is 0 Å². The van der Waals surface area contributed by atoms with Gasteiger partial charge in [-0.15, -0.1) is 0 Å². The summed E-state index contributed by atoms with van der Waals surface area (Å²) in [6.45, 7) is 5.79. The first-order valence-corrected chi connectivity index (χ1v) is 7.16. The predicted molar refractivity (Wildman–Crippen MR) is 77.6 cm³/mol. The predicted octanol–water partition coefficient (Wildman–Crippen LogP) is 2.06. The number of benzene rings is 1. The van der Waals surface area contributed by atoms with Crippen molar-refractivity contribution in [2.24, 2.45) is 17.6 Å². The Morgan fingerprint density at radius 2 is 2.05 bits per heavy atom. The maximum absolute atomic E-state index is 12.6. The van der Waals surface area contributed by atoms with Gasteiger partial charge < -0.3 is 10.6 Å². The third kappa shape index (κ3) is 3.57. The molecule has 2 rings (SSSR count). The highest BCUT2D eigenvalue weighted by atomic mass is 16.2. The van der Waals surface area contributed by atoms with Crippen molar-refractivity contribution in [3.63, 3.8) is 0 Å². The van der Waals surface area contributed by atoms with E-state index in [0.29, 0.717) is 5.92 Å². The second-order valence-electron chi connectivity index (χ2n) is 5.87. The normalized spacial score (nSPS) is 20.8. The second-order valence-corrected chi connectivity index (χ2v) is 5.87. The van der Waals surface area contributed by atoms with Crippen molar-refractivity contribution in [2.75, 3.05) is 13.1 Å². The van der Waals surface area contributed by atoms with Gasteiger partial charge in [-0.3, -0.25) is 4.79 Å². The van der Waals surface area contributed by atoms with Crippen LogP contribution in [0.4, 0.5) is 0 Å². The number of likely N-dealkylation sites (tertiary alicyclic amines) is 1. The molecule has 104 valence electrons. The van der Waals surface area contributed by atoms with E-state index in [1.807, 2.05) is 23.1 Å². The number of amides is 1. The zero-order valence-electron chi connectivity index (χ0n) is 11.9. The molecule has 0 aliphatic carbocycles. The summed E-state index contributed by atoms with van der Waals surface area (Å²) in [4.78, 5) is 14.5. The fourth-order valence-corrected chi connectivity index (χ4v) is 2.70. The van der Waals surface area contributed by atoms with E-state index in [1.165, 1.54) is 5.56 Å². The average Bonchev–Trinajstić information content (AvgIpc) is 2.83. The van der Waals surface area contributed by atoms with Gasteiger partial charge in [0.25, 0.3) is 0 Å². The third-order valence-corrected chi connectivity index (χ3v) is 3.96. The van der Waals surface area contributed by atoms with Crippen molar-refractivity contribution in [2.45, 2.75) is 32.7 Å². The Labute approximate surface area is 115 Å². The summed E-state index contributed by atoms with van der Waals surface area (Å²) in [5.74, 6) is 0.684. The number of hydrogen-bond acceptors (Lipinski definition) is 2. The van der Waals surface area contributed by atoms with E-state index in [4.69, 9.17) is 5.73 Å². The van der Waals surface area contributed by atoms with Crippen molar-refractivity contribution < 1.29 is 4.79 Å². The van der Waals surface area contributed by atoms with Gasteiger partial charge in [0.1, 0.15) is 0 Å². The molecule has 0 radical (unpaired) electrons. The lowest BCUT2D eigenvalue weighted by molar-refractivity contribution is -0.135. The van der Waals surface area contributed by atoms with Crippen LogP contribution >= 0.6 is 0 Å². The minimum Gasteiger partial charge on any atom is -0.341 e. The van der Waals surface area contributed by atoms with E-state index >= 15 is 0 Å². The fraction of sp³-hybridized carbons (Fsp3) is 0.562. The van der Waals surface area contributed by atoms with Crippen LogP contribution in [0.3, 0.4) is 0 Å². The maximum atomic E-state index is 12.6. The van der Waals surface area contributed by atoms with Crippen LogP contribution in [0.5, 0.6) is 0 Å². The molecule has 1 aromatic rings. The first kappa shape index (κ1) is 14.1. The lowest BCUT2D eigenvalue weighted by Gasteiger charge is -2.26. The molecule has 1 saturated heterocycles. The molecule has 1 fully saturated rings. The van der Waals surface area contributed by atoms with Crippen molar-refractivity contribution in [3.05, 3.63) is 35.9 Å². The van der Waals surface area contributed by atoms with Crippen LogP contribution in [0.25, 0.3) is 0 Å². The molecular weight excluding hydrogens is 236 g/mol. The molecule has 2 atom stereocenters. The molecule has 1 amide bonds. The Morgan fingerprint density at radius 3 is 2.58 bits per heavy atom. The van der Waals surface area contributed by atoms with Gasteiger partial charge in [0, 0.05) is 25.0 Å². The van der Waals surface area contributed by atoms with Gasteiger partial charge in [-0.05, 0) is 24.3 Å². The Kier molecular flexibility index (Phi) is 4.59. The lowest BCUT2D eigenvalue weighted by atomic mass is 9.88. The van der Waals surface area contributed by atoms with Gasteiger partial charge in [0.2, 0.25) is 5.91 Å². The molecule has 0 spiro atoms. The van der Waals surface area contributed by atoms with E-state index in [1.54, 1.807) is 0 Å². The highest BCUT2D eigenvalue weighted by molar-refractivity contribution is 5.79. The molecule has 0 aromatic heterocycles. The third-order valence-electron chi connectivity index (χ3n) is 3.96. The molecular formula is C16H24N2O. The monoisotopic (exact) mass is 260 g/mol. The highest BCUT2D eigenvalue weighted by Crippen LogP contribution is 2.22. The summed E-state index contributed by atoms with van der Waals surface area (Å²) >= 11 is 0. The number of rotatable bonds is 4. The Bertz CT molecular complexity index is 416. The second kappa shape index (κ2) is 6.20. The van der Waals surface area contributed by atoms with Crippen molar-refractivity contribution in [3.8, 4) is 0 Å². The molecule has 1 aliphatic rings. The summed E-state index contributed by atoms with van der Waals surface area (Å²) in [5.41, 5.74) is 7.13.